The Balaban J connectivity index is 0.985. The Morgan fingerprint density at radius 1 is 0.280 bits per heavy atom. The molecule has 10 aromatic carbocycles. The second kappa shape index (κ2) is 22.8. The molecule has 12 heteroatoms. The van der Waals surface area contributed by atoms with Gasteiger partial charge in [0.15, 0.2) is 23.3 Å². The fraction of sp³-hybridized carbons (Fsp3) is 0. The van der Waals surface area contributed by atoms with Crippen LogP contribution in [0.5, 0.6) is 0 Å². The number of rotatable bonds is 11. The second-order valence-corrected chi connectivity index (χ2v) is 22.7. The van der Waals surface area contributed by atoms with Crippen molar-refractivity contribution in [1.82, 2.24) is 29.1 Å². The number of benzene rings is 10. The molecule has 0 fully saturated rings. The summed E-state index contributed by atoms with van der Waals surface area (Å²) >= 11 is 0. The van der Waals surface area contributed by atoms with Gasteiger partial charge in [-0.3, -0.25) is 19.9 Å². The van der Waals surface area contributed by atoms with Crippen molar-refractivity contribution in [2.24, 2.45) is 0 Å². The van der Waals surface area contributed by atoms with E-state index in [1.165, 1.54) is 12.1 Å². The van der Waals surface area contributed by atoms with Crippen molar-refractivity contribution in [1.29, 1.82) is 0 Å². The number of hydrogen-bond acceptors (Lipinski definition) is 4. The van der Waals surface area contributed by atoms with E-state index in [1.54, 1.807) is 17.0 Å². The number of aromatic nitrogens is 6. The van der Waals surface area contributed by atoms with Crippen molar-refractivity contribution in [3.63, 3.8) is 0 Å². The van der Waals surface area contributed by atoms with Crippen LogP contribution in [0.3, 0.4) is 0 Å². The predicted octanol–water partition coefficient (Wildman–Crippen LogP) is 21.7. The molecule has 16 aromatic rings. The van der Waals surface area contributed by atoms with Gasteiger partial charge >= 0.3 is 0 Å². The zero-order chi connectivity index (χ0) is 62.8. The molecule has 0 N–H and O–H groups in total. The first-order chi connectivity index (χ1) is 45.6. The molecule has 0 atom stereocenters. The molecule has 0 spiro atoms. The standard InChI is InChI=1S/C81H46F5N7/c1-87-80-69(92-70-40-52(56-26-35-65(88-44-56)48-14-6-2-7-15-48)22-30-60(70)61-31-23-53(41-71(61)92)57-27-36-66(89-45-57)49-16-8-3-9-17-49)39-34-64(74-75(82)77(84)79(86)78(85)76(74)83)81(80)93-72-42-54(58-28-37-67(90-46-58)50-18-10-4-11-19-50)24-32-62(72)63-33-25-55(43-73(63)93)59-29-38-68(91-47-59)51-20-12-5-13-21-51/h2-47H. The zero-order valence-corrected chi connectivity index (χ0v) is 49.1. The molecule has 0 aliphatic heterocycles. The summed E-state index contributed by atoms with van der Waals surface area (Å²) in [5, 5.41) is 2.94. The van der Waals surface area contributed by atoms with Crippen molar-refractivity contribution in [2.75, 3.05) is 0 Å². The number of pyridine rings is 4. The Kier molecular flexibility index (Phi) is 13.7. The monoisotopic (exact) mass is 1210 g/mol. The van der Waals surface area contributed by atoms with Gasteiger partial charge in [0, 0.05) is 96.4 Å². The minimum absolute atomic E-state index is 0.140. The quantitative estimate of drug-likeness (QED) is 0.0560. The van der Waals surface area contributed by atoms with Crippen molar-refractivity contribution < 1.29 is 22.0 Å². The van der Waals surface area contributed by atoms with Gasteiger partial charge < -0.3 is 9.13 Å². The van der Waals surface area contributed by atoms with Gasteiger partial charge in [-0.05, 0) is 76.9 Å². The highest BCUT2D eigenvalue weighted by atomic mass is 19.2. The molecule has 0 unspecified atom stereocenters. The lowest BCUT2D eigenvalue weighted by Crippen LogP contribution is -2.08. The fourth-order valence-electron chi connectivity index (χ4n) is 12.8. The third kappa shape index (κ3) is 9.66. The Labute approximate surface area is 529 Å². The van der Waals surface area contributed by atoms with E-state index in [2.05, 4.69) is 4.85 Å². The SMILES string of the molecule is [C-]#[N+]c1c(-n2c3cc(-c4ccc(-c5ccccc5)nc4)ccc3c3ccc(-c4ccc(-c5ccccc5)nc4)cc32)ccc(-c2c(F)c(F)c(F)c(F)c2F)c1-n1c2cc(-c3ccc(-c4ccccc4)nc3)ccc2c2ccc(-c3ccc(-c4ccccc4)nc3)cc21. The van der Waals surface area contributed by atoms with E-state index < -0.39 is 40.2 Å². The smallest absolute Gasteiger partial charge is 0.234 e. The van der Waals surface area contributed by atoms with E-state index in [-0.39, 0.29) is 17.1 Å². The highest BCUT2D eigenvalue weighted by molar-refractivity contribution is 6.14. The largest absolute Gasteiger partial charge is 0.319 e. The first-order valence-electron chi connectivity index (χ1n) is 30.0. The van der Waals surface area contributed by atoms with Gasteiger partial charge in [0.2, 0.25) is 11.5 Å². The lowest BCUT2D eigenvalue weighted by Gasteiger charge is -2.21. The molecule has 0 amide bonds. The maximum Gasteiger partial charge on any atom is 0.234 e. The Morgan fingerprint density at radius 2 is 0.570 bits per heavy atom. The molecule has 0 aliphatic carbocycles. The summed E-state index contributed by atoms with van der Waals surface area (Å²) in [6.07, 6.45) is 7.15. The zero-order valence-electron chi connectivity index (χ0n) is 49.1. The van der Waals surface area contributed by atoms with Crippen LogP contribution in [0.25, 0.3) is 160 Å². The maximum absolute atomic E-state index is 17.1. The van der Waals surface area contributed by atoms with Gasteiger partial charge in [-0.15, -0.1) is 0 Å². The van der Waals surface area contributed by atoms with Gasteiger partial charge in [0.25, 0.3) is 0 Å². The molecule has 16 rings (SSSR count). The highest BCUT2D eigenvalue weighted by Gasteiger charge is 2.32. The van der Waals surface area contributed by atoms with Crippen LogP contribution in [0.15, 0.2) is 280 Å². The van der Waals surface area contributed by atoms with Crippen LogP contribution < -0.4 is 0 Å². The lowest BCUT2D eigenvalue weighted by atomic mass is 9.98. The number of fused-ring (bicyclic) bond motifs is 6. The summed E-state index contributed by atoms with van der Waals surface area (Å²) in [4.78, 5) is 23.8. The van der Waals surface area contributed by atoms with Gasteiger partial charge in [-0.2, -0.15) is 0 Å². The predicted molar refractivity (Wildman–Crippen MR) is 361 cm³/mol. The van der Waals surface area contributed by atoms with Crippen LogP contribution in [0.1, 0.15) is 0 Å². The van der Waals surface area contributed by atoms with Gasteiger partial charge in [0.1, 0.15) is 0 Å². The van der Waals surface area contributed by atoms with E-state index >= 15 is 22.0 Å². The summed E-state index contributed by atoms with van der Waals surface area (Å²) in [5.74, 6) is -10.7. The number of nitrogens with zero attached hydrogens (tertiary/aromatic N) is 7. The normalized spacial score (nSPS) is 11.5. The molecule has 7 nitrogen and oxygen atoms in total. The van der Waals surface area contributed by atoms with Crippen molar-refractivity contribution in [2.45, 2.75) is 0 Å². The van der Waals surface area contributed by atoms with Crippen molar-refractivity contribution in [3.05, 3.63) is 320 Å². The first-order valence-corrected chi connectivity index (χ1v) is 30.0. The Morgan fingerprint density at radius 3 is 0.860 bits per heavy atom. The lowest BCUT2D eigenvalue weighted by molar-refractivity contribution is 0.381. The highest BCUT2D eigenvalue weighted by Crippen LogP contribution is 2.49. The molecular formula is C81H46F5N7. The van der Waals surface area contributed by atoms with Crippen LogP contribution in [0.4, 0.5) is 27.6 Å². The molecule has 0 radical (unpaired) electrons. The van der Waals surface area contributed by atoms with E-state index in [9.17, 15) is 6.57 Å². The van der Waals surface area contributed by atoms with Crippen LogP contribution >= 0.6 is 0 Å². The van der Waals surface area contributed by atoms with E-state index in [0.29, 0.717) is 44.0 Å². The summed E-state index contributed by atoms with van der Waals surface area (Å²) < 4.78 is 85.1. The number of halogens is 5. The van der Waals surface area contributed by atoms with Gasteiger partial charge in [-0.25, -0.2) is 26.8 Å². The molecule has 93 heavy (non-hydrogen) atoms. The van der Waals surface area contributed by atoms with E-state index in [4.69, 9.17) is 19.9 Å². The van der Waals surface area contributed by atoms with E-state index in [1.807, 2.05) is 260 Å². The first kappa shape index (κ1) is 55.8. The third-order valence-electron chi connectivity index (χ3n) is 17.4. The maximum atomic E-state index is 17.1. The van der Waals surface area contributed by atoms with Gasteiger partial charge in [-0.1, -0.05) is 200 Å². The minimum atomic E-state index is -2.31. The van der Waals surface area contributed by atoms with Crippen LogP contribution in [-0.2, 0) is 0 Å². The summed E-state index contributed by atoms with van der Waals surface area (Å²) in [7, 11) is 0. The van der Waals surface area contributed by atoms with Crippen molar-refractivity contribution >= 4 is 49.3 Å². The summed E-state index contributed by atoms with van der Waals surface area (Å²) in [6.45, 7) is 9.49. The van der Waals surface area contributed by atoms with Crippen LogP contribution in [0, 0.1) is 35.7 Å². The average molecular weight is 1210 g/mol. The summed E-state index contributed by atoms with van der Waals surface area (Å²) in [5.41, 5.74) is 13.4. The Bertz CT molecular complexity index is 5330. The molecule has 0 saturated carbocycles. The molecular weight excluding hydrogens is 1170 g/mol. The van der Waals surface area contributed by atoms with E-state index in [0.717, 1.165) is 89.2 Å². The molecule has 0 bridgehead atoms. The summed E-state index contributed by atoms with van der Waals surface area (Å²) in [6, 6.07) is 81.5. The molecule has 6 heterocycles. The van der Waals surface area contributed by atoms with Crippen molar-refractivity contribution in [3.8, 4) is 112 Å². The molecule has 6 aromatic heterocycles. The Hall–Kier alpha value is -12.5. The molecule has 440 valence electrons. The number of hydrogen-bond donors (Lipinski definition) is 0. The average Bonchev–Trinajstić information content (AvgIpc) is 1.61. The van der Waals surface area contributed by atoms with Gasteiger partial charge in [0.05, 0.1) is 68.4 Å². The molecule has 0 saturated heterocycles. The topological polar surface area (TPSA) is 65.8 Å². The minimum Gasteiger partial charge on any atom is -0.319 e. The van der Waals surface area contributed by atoms with Crippen LogP contribution in [0.2, 0.25) is 0 Å². The van der Waals surface area contributed by atoms with Crippen LogP contribution in [-0.4, -0.2) is 29.1 Å². The second-order valence-electron chi connectivity index (χ2n) is 22.7. The molecule has 0 aliphatic rings. The third-order valence-corrected chi connectivity index (χ3v) is 17.4. The fourth-order valence-corrected chi connectivity index (χ4v) is 12.8.